The molecule has 0 bridgehead atoms. The number of rotatable bonds is 5. The molecule has 5 nitrogen and oxygen atoms in total. The summed E-state index contributed by atoms with van der Waals surface area (Å²) in [5, 5.41) is 11.8. The van der Waals surface area contributed by atoms with Crippen LogP contribution in [0.3, 0.4) is 0 Å². The van der Waals surface area contributed by atoms with Gasteiger partial charge in [0.05, 0.1) is 0 Å². The number of amides is 1. The maximum absolute atomic E-state index is 12.0. The maximum Gasteiger partial charge on any atom is 0.268 e. The number of carbonyl (C=O) groups excluding carboxylic acids is 2. The van der Waals surface area contributed by atoms with Gasteiger partial charge in [0.1, 0.15) is 5.69 Å². The molecule has 2 unspecified atom stereocenters. The molecule has 0 aliphatic carbocycles. The highest BCUT2D eigenvalue weighted by atomic mass is 16.3. The molecule has 100 valence electrons. The van der Waals surface area contributed by atoms with Crippen molar-refractivity contribution in [1.29, 1.82) is 0 Å². The lowest BCUT2D eigenvalue weighted by atomic mass is 10.1. The number of carbonyl (C=O) groups is 2. The fraction of sp³-hybridized carbons (Fsp3) is 0.538. The van der Waals surface area contributed by atoms with Gasteiger partial charge in [-0.15, -0.1) is 0 Å². The predicted octanol–water partition coefficient (Wildman–Crippen LogP) is 0.974. The average Bonchev–Trinajstić information content (AvgIpc) is 2.70. The fourth-order valence-electron chi connectivity index (χ4n) is 1.56. The number of aryl methyl sites for hydroxylation is 1. The number of aliphatic hydroxyl groups is 1. The molecule has 1 amide bonds. The van der Waals surface area contributed by atoms with Crippen molar-refractivity contribution in [3.63, 3.8) is 0 Å². The Balaban J connectivity index is 2.81. The Kier molecular flexibility index (Phi) is 4.67. The van der Waals surface area contributed by atoms with Crippen molar-refractivity contribution in [3.05, 3.63) is 23.5 Å². The van der Waals surface area contributed by atoms with Crippen molar-refractivity contribution in [2.45, 2.75) is 26.8 Å². The van der Waals surface area contributed by atoms with Crippen LogP contribution in [0.25, 0.3) is 0 Å². The first-order valence-electron chi connectivity index (χ1n) is 5.95. The fourth-order valence-corrected chi connectivity index (χ4v) is 1.56. The third-order valence-corrected chi connectivity index (χ3v) is 3.14. The second-order valence-electron chi connectivity index (χ2n) is 4.70. The van der Waals surface area contributed by atoms with Gasteiger partial charge in [0, 0.05) is 31.5 Å². The van der Waals surface area contributed by atoms with Crippen LogP contribution >= 0.6 is 0 Å². The number of hydrogen-bond acceptors (Lipinski definition) is 3. The van der Waals surface area contributed by atoms with Crippen molar-refractivity contribution in [1.82, 2.24) is 9.88 Å². The number of ketones is 1. The van der Waals surface area contributed by atoms with E-state index < -0.39 is 0 Å². The molecular formula is C13H20N2O3. The van der Waals surface area contributed by atoms with Gasteiger partial charge < -0.3 is 15.0 Å². The summed E-state index contributed by atoms with van der Waals surface area (Å²) in [4.78, 5) is 23.2. The molecule has 2 N–H and O–H groups in total. The zero-order valence-electron chi connectivity index (χ0n) is 11.2. The van der Waals surface area contributed by atoms with Gasteiger partial charge in [-0.3, -0.25) is 9.59 Å². The molecule has 1 aromatic rings. The Morgan fingerprint density at radius 2 is 2.06 bits per heavy atom. The number of aromatic nitrogens is 1. The van der Waals surface area contributed by atoms with Crippen LogP contribution in [0.4, 0.5) is 0 Å². The van der Waals surface area contributed by atoms with Gasteiger partial charge in [0.2, 0.25) is 0 Å². The van der Waals surface area contributed by atoms with Crippen molar-refractivity contribution in [2.75, 3.05) is 6.61 Å². The van der Waals surface area contributed by atoms with Gasteiger partial charge in [-0.1, -0.05) is 6.92 Å². The quantitative estimate of drug-likeness (QED) is 0.767. The lowest BCUT2D eigenvalue weighted by molar-refractivity contribution is 0.0908. The van der Waals surface area contributed by atoms with E-state index in [0.717, 1.165) is 0 Å². The van der Waals surface area contributed by atoms with Crippen LogP contribution in [-0.4, -0.2) is 34.0 Å². The normalized spacial score (nSPS) is 14.1. The number of hydrogen-bond donors (Lipinski definition) is 2. The highest BCUT2D eigenvalue weighted by molar-refractivity contribution is 5.99. The van der Waals surface area contributed by atoms with Crippen molar-refractivity contribution in [2.24, 2.45) is 13.0 Å². The Morgan fingerprint density at radius 3 is 2.50 bits per heavy atom. The molecule has 0 aliphatic heterocycles. The van der Waals surface area contributed by atoms with Crippen LogP contribution in [0.1, 0.15) is 41.6 Å². The second-order valence-corrected chi connectivity index (χ2v) is 4.70. The minimum absolute atomic E-state index is 0.0125. The number of nitrogens with one attached hydrogen (secondary N) is 1. The third-order valence-electron chi connectivity index (χ3n) is 3.14. The molecule has 0 spiro atoms. The van der Waals surface area contributed by atoms with E-state index >= 15 is 0 Å². The molecule has 5 heteroatoms. The number of aliphatic hydroxyl groups excluding tert-OH is 1. The lowest BCUT2D eigenvalue weighted by Crippen LogP contribution is -2.39. The molecular weight excluding hydrogens is 232 g/mol. The zero-order valence-corrected chi connectivity index (χ0v) is 11.2. The average molecular weight is 252 g/mol. The molecule has 0 aromatic carbocycles. The van der Waals surface area contributed by atoms with Crippen LogP contribution < -0.4 is 5.32 Å². The molecule has 1 heterocycles. The van der Waals surface area contributed by atoms with Gasteiger partial charge in [0.25, 0.3) is 5.91 Å². The summed E-state index contributed by atoms with van der Waals surface area (Å²) in [5.74, 6) is -0.319. The third kappa shape index (κ3) is 3.20. The minimum atomic E-state index is -0.238. The number of Topliss-reactive ketones (excluding diaryl/α,β-unsaturated/α-hetero) is 1. The highest BCUT2D eigenvalue weighted by Gasteiger charge is 2.18. The molecule has 0 aliphatic rings. The van der Waals surface area contributed by atoms with Gasteiger partial charge in [-0.05, 0) is 25.8 Å². The van der Waals surface area contributed by atoms with Gasteiger partial charge in [-0.2, -0.15) is 0 Å². The van der Waals surface area contributed by atoms with Gasteiger partial charge in [0.15, 0.2) is 5.78 Å². The van der Waals surface area contributed by atoms with Crippen LogP contribution in [0.5, 0.6) is 0 Å². The van der Waals surface area contributed by atoms with E-state index in [1.165, 1.54) is 6.92 Å². The Labute approximate surface area is 107 Å². The monoisotopic (exact) mass is 252 g/mol. The predicted molar refractivity (Wildman–Crippen MR) is 68.6 cm³/mol. The summed E-state index contributed by atoms with van der Waals surface area (Å²) >= 11 is 0. The summed E-state index contributed by atoms with van der Waals surface area (Å²) < 4.78 is 1.63. The molecule has 0 saturated carbocycles. The van der Waals surface area contributed by atoms with E-state index in [-0.39, 0.29) is 30.3 Å². The highest BCUT2D eigenvalue weighted by Crippen LogP contribution is 2.09. The Hall–Kier alpha value is -1.62. The van der Waals surface area contributed by atoms with Crippen LogP contribution in [0.2, 0.25) is 0 Å². The summed E-state index contributed by atoms with van der Waals surface area (Å²) in [5.41, 5.74) is 0.961. The van der Waals surface area contributed by atoms with Gasteiger partial charge >= 0.3 is 0 Å². The standard InChI is InChI=1S/C13H20N2O3/c1-8(7-16)9(2)14-13(18)12-5-11(10(3)17)6-15(12)4/h5-6,8-9,16H,7H2,1-4H3,(H,14,18). The summed E-state index contributed by atoms with van der Waals surface area (Å²) in [6.45, 7) is 5.19. The molecule has 2 atom stereocenters. The Morgan fingerprint density at radius 1 is 1.44 bits per heavy atom. The molecule has 18 heavy (non-hydrogen) atoms. The van der Waals surface area contributed by atoms with Gasteiger partial charge in [-0.25, -0.2) is 0 Å². The summed E-state index contributed by atoms with van der Waals surface area (Å²) in [6, 6.07) is 1.45. The Bertz CT molecular complexity index is 451. The first-order valence-corrected chi connectivity index (χ1v) is 5.95. The summed E-state index contributed by atoms with van der Waals surface area (Å²) in [7, 11) is 1.72. The maximum atomic E-state index is 12.0. The minimum Gasteiger partial charge on any atom is -0.396 e. The first-order chi connectivity index (χ1) is 8.36. The van der Waals surface area contributed by atoms with Crippen molar-refractivity contribution < 1.29 is 14.7 Å². The summed E-state index contributed by atoms with van der Waals surface area (Å²) in [6.07, 6.45) is 1.64. The molecule has 1 aromatic heterocycles. The van der Waals surface area contributed by atoms with Crippen molar-refractivity contribution >= 4 is 11.7 Å². The lowest BCUT2D eigenvalue weighted by Gasteiger charge is -2.19. The van der Waals surface area contributed by atoms with Crippen LogP contribution in [-0.2, 0) is 7.05 Å². The zero-order chi connectivity index (χ0) is 13.9. The van der Waals surface area contributed by atoms with E-state index in [1.54, 1.807) is 23.9 Å². The molecule has 0 radical (unpaired) electrons. The van der Waals surface area contributed by atoms with E-state index in [0.29, 0.717) is 11.3 Å². The smallest absolute Gasteiger partial charge is 0.268 e. The van der Waals surface area contributed by atoms with Crippen LogP contribution in [0, 0.1) is 5.92 Å². The largest absolute Gasteiger partial charge is 0.396 e. The van der Waals surface area contributed by atoms with Crippen molar-refractivity contribution in [3.8, 4) is 0 Å². The molecule has 0 saturated heterocycles. The van der Waals surface area contributed by atoms with E-state index in [9.17, 15) is 9.59 Å². The second kappa shape index (κ2) is 5.82. The molecule has 0 fully saturated rings. The number of nitrogens with zero attached hydrogens (tertiary/aromatic N) is 1. The first kappa shape index (κ1) is 14.4. The van der Waals surface area contributed by atoms with Crippen LogP contribution in [0.15, 0.2) is 12.3 Å². The SMILES string of the molecule is CC(=O)c1cc(C(=O)NC(C)C(C)CO)n(C)c1. The van der Waals surface area contributed by atoms with E-state index in [4.69, 9.17) is 5.11 Å². The van der Waals surface area contributed by atoms with E-state index in [1.807, 2.05) is 13.8 Å². The molecule has 1 rings (SSSR count). The topological polar surface area (TPSA) is 71.3 Å². The van der Waals surface area contributed by atoms with E-state index in [2.05, 4.69) is 5.32 Å².